The Kier molecular flexibility index (Phi) is 5.96. The number of piperazine rings is 1. The molecule has 2 aromatic carbocycles. The third-order valence-corrected chi connectivity index (χ3v) is 6.72. The molecular formula is C20H27N2O3S+. The number of ether oxygens (including phenoxy) is 1. The van der Waals surface area contributed by atoms with Crippen LogP contribution in [0.1, 0.15) is 11.1 Å². The molecule has 0 saturated carbocycles. The van der Waals surface area contributed by atoms with E-state index in [0.29, 0.717) is 24.6 Å². The highest BCUT2D eigenvalue weighted by atomic mass is 32.2. The van der Waals surface area contributed by atoms with Crippen LogP contribution >= 0.6 is 0 Å². The fraction of sp³-hybridized carbons (Fsp3) is 0.400. The second-order valence-electron chi connectivity index (χ2n) is 6.88. The topological polar surface area (TPSA) is 51.0 Å². The molecule has 5 nitrogen and oxygen atoms in total. The zero-order chi connectivity index (χ0) is 18.6. The van der Waals surface area contributed by atoms with Gasteiger partial charge in [-0.15, -0.1) is 0 Å². The van der Waals surface area contributed by atoms with Crippen molar-refractivity contribution in [2.24, 2.45) is 0 Å². The predicted molar refractivity (Wildman–Crippen MR) is 102 cm³/mol. The third kappa shape index (κ3) is 4.63. The molecule has 0 aliphatic carbocycles. The Morgan fingerprint density at radius 3 is 2.35 bits per heavy atom. The van der Waals surface area contributed by atoms with Crippen LogP contribution in [0.5, 0.6) is 5.75 Å². The van der Waals surface area contributed by atoms with Crippen LogP contribution in [0, 0.1) is 13.8 Å². The van der Waals surface area contributed by atoms with Gasteiger partial charge in [-0.05, 0) is 43.7 Å². The molecule has 3 rings (SSSR count). The Morgan fingerprint density at radius 1 is 1.00 bits per heavy atom. The summed E-state index contributed by atoms with van der Waals surface area (Å²) in [6.07, 6.45) is 0. The summed E-state index contributed by atoms with van der Waals surface area (Å²) in [6, 6.07) is 15.1. The van der Waals surface area contributed by atoms with Gasteiger partial charge in [0.15, 0.2) is 0 Å². The number of sulfonamides is 1. The minimum atomic E-state index is -3.38. The molecule has 1 fully saturated rings. The van der Waals surface area contributed by atoms with E-state index in [0.717, 1.165) is 30.9 Å². The molecule has 1 aliphatic rings. The Labute approximate surface area is 156 Å². The van der Waals surface area contributed by atoms with E-state index in [1.165, 1.54) is 10.5 Å². The summed E-state index contributed by atoms with van der Waals surface area (Å²) >= 11 is 0. The zero-order valence-electron chi connectivity index (χ0n) is 15.4. The molecule has 0 amide bonds. The monoisotopic (exact) mass is 375 g/mol. The van der Waals surface area contributed by atoms with E-state index >= 15 is 0 Å². The van der Waals surface area contributed by atoms with E-state index < -0.39 is 10.0 Å². The second-order valence-corrected chi connectivity index (χ2v) is 8.82. The smallest absolute Gasteiger partial charge is 0.243 e. The van der Waals surface area contributed by atoms with Crippen molar-refractivity contribution in [2.45, 2.75) is 18.7 Å². The minimum Gasteiger partial charge on any atom is -0.488 e. The maximum Gasteiger partial charge on any atom is 0.243 e. The van der Waals surface area contributed by atoms with Crippen LogP contribution in [0.3, 0.4) is 0 Å². The first kappa shape index (κ1) is 18.9. The van der Waals surface area contributed by atoms with E-state index in [1.54, 1.807) is 16.4 Å². The molecule has 6 heteroatoms. The molecule has 0 bridgehead atoms. The van der Waals surface area contributed by atoms with Crippen molar-refractivity contribution in [1.29, 1.82) is 0 Å². The lowest BCUT2D eigenvalue weighted by molar-refractivity contribution is -0.903. The highest BCUT2D eigenvalue weighted by molar-refractivity contribution is 7.89. The first-order valence-electron chi connectivity index (χ1n) is 9.05. The van der Waals surface area contributed by atoms with Gasteiger partial charge in [0.1, 0.15) is 18.9 Å². The van der Waals surface area contributed by atoms with Gasteiger partial charge in [0.05, 0.1) is 31.1 Å². The summed E-state index contributed by atoms with van der Waals surface area (Å²) in [5, 5.41) is 0. The highest BCUT2D eigenvalue weighted by Gasteiger charge is 2.30. The SMILES string of the molecule is Cc1ccc(S(=O)(=O)N2CC[NH+](CCOc3cccc(C)c3)CC2)cc1. The average molecular weight is 376 g/mol. The quantitative estimate of drug-likeness (QED) is 0.827. The Balaban J connectivity index is 1.48. The van der Waals surface area contributed by atoms with Gasteiger partial charge in [-0.1, -0.05) is 29.8 Å². The number of quaternary nitrogens is 1. The fourth-order valence-electron chi connectivity index (χ4n) is 3.17. The standard InChI is InChI=1S/C20H26N2O3S/c1-17-6-8-20(9-7-17)26(23,24)22-12-10-21(11-13-22)14-15-25-19-5-3-4-18(2)16-19/h3-9,16H,10-15H2,1-2H3/p+1. The first-order valence-corrected chi connectivity index (χ1v) is 10.5. The molecule has 0 atom stereocenters. The molecular weight excluding hydrogens is 348 g/mol. The number of rotatable bonds is 6. The molecule has 0 aromatic heterocycles. The van der Waals surface area contributed by atoms with Crippen LogP contribution in [0.2, 0.25) is 0 Å². The summed E-state index contributed by atoms with van der Waals surface area (Å²) in [5.74, 6) is 0.894. The van der Waals surface area contributed by atoms with Crippen LogP contribution < -0.4 is 9.64 Å². The second kappa shape index (κ2) is 8.20. The van der Waals surface area contributed by atoms with Gasteiger partial charge in [0, 0.05) is 0 Å². The Morgan fingerprint density at radius 2 is 1.69 bits per heavy atom. The van der Waals surface area contributed by atoms with Gasteiger partial charge in [0.25, 0.3) is 0 Å². The number of hydrogen-bond donors (Lipinski definition) is 1. The van der Waals surface area contributed by atoms with Crippen molar-refractivity contribution in [2.75, 3.05) is 39.3 Å². The van der Waals surface area contributed by atoms with Gasteiger partial charge < -0.3 is 9.64 Å². The Hall–Kier alpha value is -1.89. The number of hydrogen-bond acceptors (Lipinski definition) is 3. The fourth-order valence-corrected chi connectivity index (χ4v) is 4.61. The largest absolute Gasteiger partial charge is 0.488 e. The molecule has 0 radical (unpaired) electrons. The molecule has 1 saturated heterocycles. The van der Waals surface area contributed by atoms with E-state index in [1.807, 2.05) is 50.2 Å². The van der Waals surface area contributed by atoms with Crippen molar-refractivity contribution in [3.63, 3.8) is 0 Å². The normalized spacial score (nSPS) is 16.5. The molecule has 0 unspecified atom stereocenters. The predicted octanol–water partition coefficient (Wildman–Crippen LogP) is 1.27. The van der Waals surface area contributed by atoms with Crippen molar-refractivity contribution in [3.8, 4) is 5.75 Å². The van der Waals surface area contributed by atoms with Crippen LogP contribution in [0.15, 0.2) is 53.4 Å². The van der Waals surface area contributed by atoms with Gasteiger partial charge in [-0.25, -0.2) is 8.42 Å². The molecule has 2 aromatic rings. The third-order valence-electron chi connectivity index (χ3n) is 4.80. The molecule has 0 spiro atoms. The van der Waals surface area contributed by atoms with E-state index in [-0.39, 0.29) is 0 Å². The average Bonchev–Trinajstić information content (AvgIpc) is 2.63. The lowest BCUT2D eigenvalue weighted by Gasteiger charge is -2.31. The molecule has 26 heavy (non-hydrogen) atoms. The minimum absolute atomic E-state index is 0.384. The summed E-state index contributed by atoms with van der Waals surface area (Å²) in [6.45, 7) is 8.25. The van der Waals surface area contributed by atoms with E-state index in [2.05, 4.69) is 0 Å². The number of nitrogens with one attached hydrogen (secondary N) is 1. The molecule has 1 heterocycles. The van der Waals surface area contributed by atoms with Gasteiger partial charge in [0.2, 0.25) is 10.0 Å². The highest BCUT2D eigenvalue weighted by Crippen LogP contribution is 2.16. The van der Waals surface area contributed by atoms with Gasteiger partial charge in [-0.3, -0.25) is 0 Å². The van der Waals surface area contributed by atoms with Crippen molar-refractivity contribution >= 4 is 10.0 Å². The van der Waals surface area contributed by atoms with E-state index in [9.17, 15) is 8.42 Å². The molecule has 1 aliphatic heterocycles. The van der Waals surface area contributed by atoms with Crippen LogP contribution in [-0.2, 0) is 10.0 Å². The lowest BCUT2D eigenvalue weighted by Crippen LogP contribution is -3.15. The van der Waals surface area contributed by atoms with Crippen molar-refractivity contribution in [3.05, 3.63) is 59.7 Å². The summed E-state index contributed by atoms with van der Waals surface area (Å²) in [5.41, 5.74) is 2.25. The van der Waals surface area contributed by atoms with Crippen molar-refractivity contribution in [1.82, 2.24) is 4.31 Å². The number of benzene rings is 2. The van der Waals surface area contributed by atoms with Crippen LogP contribution in [-0.4, -0.2) is 52.1 Å². The maximum absolute atomic E-state index is 12.7. The van der Waals surface area contributed by atoms with Crippen molar-refractivity contribution < 1.29 is 18.1 Å². The van der Waals surface area contributed by atoms with Crippen LogP contribution in [0.4, 0.5) is 0 Å². The molecule has 140 valence electrons. The number of nitrogens with zero attached hydrogens (tertiary/aromatic N) is 1. The van der Waals surface area contributed by atoms with Crippen LogP contribution in [0.25, 0.3) is 0 Å². The molecule has 1 N–H and O–H groups in total. The van der Waals surface area contributed by atoms with Gasteiger partial charge >= 0.3 is 0 Å². The first-order chi connectivity index (χ1) is 12.4. The summed E-state index contributed by atoms with van der Waals surface area (Å²) in [4.78, 5) is 1.77. The zero-order valence-corrected chi connectivity index (χ0v) is 16.3. The summed E-state index contributed by atoms with van der Waals surface area (Å²) < 4.78 is 32.9. The summed E-state index contributed by atoms with van der Waals surface area (Å²) in [7, 11) is -3.38. The van der Waals surface area contributed by atoms with Gasteiger partial charge in [-0.2, -0.15) is 4.31 Å². The maximum atomic E-state index is 12.7. The van der Waals surface area contributed by atoms with E-state index in [4.69, 9.17) is 4.74 Å². The number of aryl methyl sites for hydroxylation is 2. The Bertz CT molecular complexity index is 826. The lowest BCUT2D eigenvalue weighted by atomic mass is 10.2.